The summed E-state index contributed by atoms with van der Waals surface area (Å²) < 4.78 is 1.87. The minimum absolute atomic E-state index is 0.0162. The van der Waals surface area contributed by atoms with E-state index in [2.05, 4.69) is 36.1 Å². The number of hydrogen-bond acceptors (Lipinski definition) is 3. The van der Waals surface area contributed by atoms with Gasteiger partial charge in [-0.2, -0.15) is 10.1 Å². The minimum atomic E-state index is -0.120. The molecule has 1 aromatic heterocycles. The molecule has 4 rings (SSSR count). The highest BCUT2D eigenvalue weighted by atomic mass is 35.5. The normalized spacial score (nSPS) is 18.9. The van der Waals surface area contributed by atoms with Gasteiger partial charge in [-0.15, -0.1) is 0 Å². The second-order valence-corrected chi connectivity index (χ2v) is 8.03. The lowest BCUT2D eigenvalue weighted by atomic mass is 9.91. The lowest BCUT2D eigenvalue weighted by molar-refractivity contribution is -0.120. The molecule has 0 fully saturated rings. The molecule has 3 aromatic rings. The number of aromatic nitrogens is 3. The molecule has 0 N–H and O–H groups in total. The minimum Gasteiger partial charge on any atom is -0.274 e. The Morgan fingerprint density at radius 3 is 2.43 bits per heavy atom. The molecule has 0 radical (unpaired) electrons. The highest BCUT2D eigenvalue weighted by molar-refractivity contribution is 6.30. The molecular formula is C22H23ClN4O. The molecule has 0 unspecified atom stereocenters. The highest BCUT2D eigenvalue weighted by Crippen LogP contribution is 2.42. The van der Waals surface area contributed by atoms with E-state index in [4.69, 9.17) is 11.6 Å². The molecule has 0 aliphatic carbocycles. The van der Waals surface area contributed by atoms with E-state index in [9.17, 15) is 4.79 Å². The smallest absolute Gasteiger partial charge is 0.231 e. The van der Waals surface area contributed by atoms with Crippen LogP contribution in [0, 0.1) is 5.92 Å². The quantitative estimate of drug-likeness (QED) is 0.622. The monoisotopic (exact) mass is 394 g/mol. The first-order valence-corrected chi connectivity index (χ1v) is 9.94. The molecule has 1 aliphatic rings. The molecule has 5 nitrogen and oxygen atoms in total. The Balaban J connectivity index is 1.81. The number of nitrogens with zero attached hydrogens (tertiary/aromatic N) is 4. The fourth-order valence-electron chi connectivity index (χ4n) is 3.85. The van der Waals surface area contributed by atoms with E-state index in [0.717, 1.165) is 17.5 Å². The summed E-state index contributed by atoms with van der Waals surface area (Å²) in [7, 11) is 0. The zero-order chi connectivity index (χ0) is 19.7. The van der Waals surface area contributed by atoms with E-state index in [1.54, 1.807) is 0 Å². The number of anilines is 1. The van der Waals surface area contributed by atoms with E-state index in [1.165, 1.54) is 6.33 Å². The van der Waals surface area contributed by atoms with Gasteiger partial charge in [-0.25, -0.2) is 4.68 Å². The SMILES string of the molecule is CC(C)CC(=O)N1c2ncnn2[C@H](c2ccccc2)C[C@@H]1c1ccc(Cl)cc1. The molecule has 2 aromatic carbocycles. The van der Waals surface area contributed by atoms with Crippen LogP contribution in [0.4, 0.5) is 5.95 Å². The fraction of sp³-hybridized carbons (Fsp3) is 0.318. The Bertz CT molecular complexity index is 952. The van der Waals surface area contributed by atoms with Crippen molar-refractivity contribution in [1.82, 2.24) is 14.8 Å². The van der Waals surface area contributed by atoms with Crippen LogP contribution in [0.2, 0.25) is 5.02 Å². The van der Waals surface area contributed by atoms with Crippen molar-refractivity contribution < 1.29 is 4.79 Å². The van der Waals surface area contributed by atoms with Gasteiger partial charge in [0.1, 0.15) is 6.33 Å². The Hall–Kier alpha value is -2.66. The average Bonchev–Trinajstić information content (AvgIpc) is 3.17. The van der Waals surface area contributed by atoms with E-state index in [-0.39, 0.29) is 23.9 Å². The van der Waals surface area contributed by atoms with E-state index in [1.807, 2.05) is 52.0 Å². The molecule has 0 saturated heterocycles. The molecule has 2 heterocycles. The van der Waals surface area contributed by atoms with Gasteiger partial charge in [0.25, 0.3) is 0 Å². The Kier molecular flexibility index (Phi) is 5.18. The molecule has 1 aliphatic heterocycles. The van der Waals surface area contributed by atoms with E-state index in [0.29, 0.717) is 17.4 Å². The zero-order valence-corrected chi connectivity index (χ0v) is 16.8. The summed E-state index contributed by atoms with van der Waals surface area (Å²) in [4.78, 5) is 19.5. The van der Waals surface area contributed by atoms with Crippen molar-refractivity contribution in [3.63, 3.8) is 0 Å². The third-order valence-electron chi connectivity index (χ3n) is 5.11. The summed E-state index contributed by atoms with van der Waals surface area (Å²) in [5, 5.41) is 5.14. The van der Waals surface area contributed by atoms with Gasteiger partial charge in [-0.1, -0.05) is 67.9 Å². The van der Waals surface area contributed by atoms with Gasteiger partial charge < -0.3 is 0 Å². The molecule has 28 heavy (non-hydrogen) atoms. The summed E-state index contributed by atoms with van der Waals surface area (Å²) >= 11 is 6.10. The summed E-state index contributed by atoms with van der Waals surface area (Å²) in [6.45, 7) is 4.10. The molecule has 144 valence electrons. The number of benzene rings is 2. The highest BCUT2D eigenvalue weighted by Gasteiger charge is 2.39. The van der Waals surface area contributed by atoms with Gasteiger partial charge in [0.05, 0.1) is 12.1 Å². The van der Waals surface area contributed by atoms with Crippen LogP contribution in [0.3, 0.4) is 0 Å². The van der Waals surface area contributed by atoms with Crippen LogP contribution < -0.4 is 4.90 Å². The number of hydrogen-bond donors (Lipinski definition) is 0. The number of carbonyl (C=O) groups excluding carboxylic acids is 1. The summed E-state index contributed by atoms with van der Waals surface area (Å²) in [5.41, 5.74) is 2.21. The first-order valence-electron chi connectivity index (χ1n) is 9.56. The standard InChI is InChI=1S/C22H23ClN4O/c1-15(2)12-21(28)26-19(17-8-10-18(23)11-9-17)13-20(16-6-4-3-5-7-16)27-22(26)24-14-25-27/h3-11,14-15,19-20H,12-13H2,1-2H3/t19-,20+/m1/s1. The van der Waals surface area contributed by atoms with Crippen molar-refractivity contribution in [2.24, 2.45) is 5.92 Å². The van der Waals surface area contributed by atoms with Crippen LogP contribution in [0.25, 0.3) is 0 Å². The zero-order valence-electron chi connectivity index (χ0n) is 16.0. The van der Waals surface area contributed by atoms with Gasteiger partial charge in [-0.05, 0) is 35.6 Å². The second kappa shape index (κ2) is 7.76. The molecule has 0 bridgehead atoms. The Morgan fingerprint density at radius 1 is 1.07 bits per heavy atom. The number of fused-ring (bicyclic) bond motifs is 1. The van der Waals surface area contributed by atoms with Crippen LogP contribution in [-0.4, -0.2) is 20.7 Å². The lowest BCUT2D eigenvalue weighted by Crippen LogP contribution is -2.43. The predicted octanol–water partition coefficient (Wildman–Crippen LogP) is 5.05. The number of amides is 1. The van der Waals surface area contributed by atoms with Crippen LogP contribution in [0.5, 0.6) is 0 Å². The lowest BCUT2D eigenvalue weighted by Gasteiger charge is -2.39. The van der Waals surface area contributed by atoms with Gasteiger partial charge in [-0.3, -0.25) is 9.69 Å². The van der Waals surface area contributed by atoms with Crippen molar-refractivity contribution in [1.29, 1.82) is 0 Å². The summed E-state index contributed by atoms with van der Waals surface area (Å²) in [6.07, 6.45) is 2.73. The Labute approximate surface area is 170 Å². The maximum Gasteiger partial charge on any atom is 0.231 e. The second-order valence-electron chi connectivity index (χ2n) is 7.60. The summed E-state index contributed by atoms with van der Waals surface area (Å²) in [5.74, 6) is 0.933. The summed E-state index contributed by atoms with van der Waals surface area (Å²) in [6, 6.07) is 17.9. The van der Waals surface area contributed by atoms with Gasteiger partial charge in [0.15, 0.2) is 0 Å². The van der Waals surface area contributed by atoms with Crippen molar-refractivity contribution in [2.75, 3.05) is 4.90 Å². The molecule has 0 spiro atoms. The van der Waals surface area contributed by atoms with E-state index >= 15 is 0 Å². The largest absolute Gasteiger partial charge is 0.274 e. The molecule has 6 heteroatoms. The maximum absolute atomic E-state index is 13.2. The molecular weight excluding hydrogens is 372 g/mol. The number of carbonyl (C=O) groups is 1. The molecule has 2 atom stereocenters. The topological polar surface area (TPSA) is 51.0 Å². The third-order valence-corrected chi connectivity index (χ3v) is 5.37. The first-order chi connectivity index (χ1) is 13.5. The predicted molar refractivity (Wildman–Crippen MR) is 110 cm³/mol. The van der Waals surface area contributed by atoms with Crippen LogP contribution >= 0.6 is 11.6 Å². The maximum atomic E-state index is 13.2. The average molecular weight is 395 g/mol. The first kappa shape index (κ1) is 18.7. The van der Waals surface area contributed by atoms with Crippen LogP contribution in [-0.2, 0) is 4.79 Å². The van der Waals surface area contributed by atoms with E-state index < -0.39 is 0 Å². The number of halogens is 1. The third kappa shape index (κ3) is 3.54. The van der Waals surface area contributed by atoms with Crippen LogP contribution in [0.15, 0.2) is 60.9 Å². The molecule has 1 amide bonds. The number of rotatable bonds is 4. The van der Waals surface area contributed by atoms with Crippen molar-refractivity contribution in [3.05, 3.63) is 77.1 Å². The van der Waals surface area contributed by atoms with Crippen molar-refractivity contribution in [2.45, 2.75) is 38.8 Å². The molecule has 0 saturated carbocycles. The van der Waals surface area contributed by atoms with Gasteiger partial charge >= 0.3 is 0 Å². The Morgan fingerprint density at radius 2 is 1.75 bits per heavy atom. The van der Waals surface area contributed by atoms with Crippen molar-refractivity contribution >= 4 is 23.5 Å². The van der Waals surface area contributed by atoms with Gasteiger partial charge in [0.2, 0.25) is 11.9 Å². The fourth-order valence-corrected chi connectivity index (χ4v) is 3.97. The van der Waals surface area contributed by atoms with Crippen molar-refractivity contribution in [3.8, 4) is 0 Å². The van der Waals surface area contributed by atoms with Crippen LogP contribution in [0.1, 0.15) is 49.9 Å². The van der Waals surface area contributed by atoms with Gasteiger partial charge in [0, 0.05) is 11.4 Å².